The van der Waals surface area contributed by atoms with Gasteiger partial charge in [0.2, 0.25) is 5.91 Å². The molecule has 1 unspecified atom stereocenters. The number of nitrogens with zero attached hydrogens (tertiary/aromatic N) is 1. The number of carbonyl (C=O) groups excluding carboxylic acids is 3. The molecule has 8 nitrogen and oxygen atoms in total. The van der Waals surface area contributed by atoms with Crippen molar-refractivity contribution in [2.75, 3.05) is 26.1 Å². The summed E-state index contributed by atoms with van der Waals surface area (Å²) in [7, 11) is 2.91. The monoisotopic (exact) mass is 650 g/mol. The van der Waals surface area contributed by atoms with E-state index in [2.05, 4.69) is 12.2 Å². The fraction of sp³-hybridized carbons (Fsp3) is 0.615. The average molecular weight is 651 g/mol. The van der Waals surface area contributed by atoms with E-state index >= 15 is 0 Å². The topological polar surface area (TPSA) is 94.2 Å². The third-order valence-corrected chi connectivity index (χ3v) is 9.11. The molecular formula is C39H58N2O6. The van der Waals surface area contributed by atoms with Crippen molar-refractivity contribution in [2.45, 2.75) is 136 Å². The van der Waals surface area contributed by atoms with E-state index in [-0.39, 0.29) is 24.8 Å². The Morgan fingerprint density at radius 2 is 1.43 bits per heavy atom. The summed E-state index contributed by atoms with van der Waals surface area (Å²) in [5, 5.41) is 3.06. The first-order valence-electron chi connectivity index (χ1n) is 18.0. The van der Waals surface area contributed by atoms with Gasteiger partial charge in [-0.2, -0.15) is 0 Å². The number of methoxy groups -OCH3 is 2. The largest absolute Gasteiger partial charge is 0.493 e. The van der Waals surface area contributed by atoms with E-state index in [1.54, 1.807) is 30.2 Å². The summed E-state index contributed by atoms with van der Waals surface area (Å²) < 4.78 is 16.2. The quantitative estimate of drug-likeness (QED) is 0.0898. The van der Waals surface area contributed by atoms with Crippen LogP contribution in [0, 0.1) is 0 Å². The molecule has 2 aromatic carbocycles. The van der Waals surface area contributed by atoms with Gasteiger partial charge in [-0.05, 0) is 43.2 Å². The number of anilines is 1. The highest BCUT2D eigenvalue weighted by Gasteiger charge is 2.36. The van der Waals surface area contributed by atoms with Crippen LogP contribution in [0.5, 0.6) is 11.5 Å². The van der Waals surface area contributed by atoms with Crippen molar-refractivity contribution in [3.63, 3.8) is 0 Å². The van der Waals surface area contributed by atoms with E-state index in [0.29, 0.717) is 35.8 Å². The summed E-state index contributed by atoms with van der Waals surface area (Å²) in [4.78, 5) is 40.8. The fourth-order valence-corrected chi connectivity index (χ4v) is 6.41. The van der Waals surface area contributed by atoms with Crippen molar-refractivity contribution in [2.24, 2.45) is 0 Å². The predicted octanol–water partition coefficient (Wildman–Crippen LogP) is 9.55. The number of hydrogen-bond donors (Lipinski definition) is 1. The highest BCUT2D eigenvalue weighted by atomic mass is 16.5. The molecule has 0 saturated carbocycles. The third kappa shape index (κ3) is 12.2. The lowest BCUT2D eigenvalue weighted by Crippen LogP contribution is -2.31. The summed E-state index contributed by atoms with van der Waals surface area (Å²) in [6, 6.07) is 10.3. The van der Waals surface area contributed by atoms with E-state index in [4.69, 9.17) is 14.2 Å². The normalized spacial score (nSPS) is 12.9. The molecule has 0 aliphatic carbocycles. The van der Waals surface area contributed by atoms with Crippen LogP contribution in [-0.4, -0.2) is 43.5 Å². The van der Waals surface area contributed by atoms with E-state index in [9.17, 15) is 14.4 Å². The zero-order chi connectivity index (χ0) is 33.9. The molecule has 8 heteroatoms. The minimum absolute atomic E-state index is 0.0188. The van der Waals surface area contributed by atoms with Crippen LogP contribution < -0.4 is 14.8 Å². The Morgan fingerprint density at radius 1 is 0.809 bits per heavy atom. The Balaban J connectivity index is 1.47. The summed E-state index contributed by atoms with van der Waals surface area (Å²) in [5.41, 5.74) is 2.67. The zero-order valence-corrected chi connectivity index (χ0v) is 29.4. The molecule has 0 aromatic heterocycles. The van der Waals surface area contributed by atoms with Gasteiger partial charge in [-0.25, -0.2) is 0 Å². The van der Waals surface area contributed by atoms with Crippen molar-refractivity contribution in [3.8, 4) is 11.5 Å². The Kier molecular flexibility index (Phi) is 17.2. The van der Waals surface area contributed by atoms with Gasteiger partial charge in [0.15, 0.2) is 11.5 Å². The molecule has 0 spiro atoms. The van der Waals surface area contributed by atoms with Gasteiger partial charge < -0.3 is 24.4 Å². The van der Waals surface area contributed by atoms with Crippen molar-refractivity contribution >= 4 is 23.5 Å². The number of amides is 2. The lowest BCUT2D eigenvalue weighted by atomic mass is 10.0. The van der Waals surface area contributed by atoms with Gasteiger partial charge in [0.05, 0.1) is 33.3 Å². The second kappa shape index (κ2) is 21.3. The Bertz CT molecular complexity index is 1260. The highest BCUT2D eigenvalue weighted by molar-refractivity contribution is 6.02. The number of rotatable bonds is 24. The van der Waals surface area contributed by atoms with Crippen LogP contribution in [0.2, 0.25) is 0 Å². The van der Waals surface area contributed by atoms with Crippen LogP contribution >= 0.6 is 0 Å². The summed E-state index contributed by atoms with van der Waals surface area (Å²) in [6.45, 7) is 4.86. The second-order valence-electron chi connectivity index (χ2n) is 12.7. The van der Waals surface area contributed by atoms with Crippen molar-refractivity contribution in [1.82, 2.24) is 4.90 Å². The number of esters is 1. The number of benzene rings is 2. The van der Waals surface area contributed by atoms with Gasteiger partial charge in [0, 0.05) is 29.8 Å². The summed E-state index contributed by atoms with van der Waals surface area (Å²) in [5.74, 6) is 0.452. The van der Waals surface area contributed by atoms with E-state index in [1.807, 2.05) is 25.1 Å². The van der Waals surface area contributed by atoms with Crippen LogP contribution in [0.4, 0.5) is 5.69 Å². The smallest absolute Gasteiger partial charge is 0.307 e. The van der Waals surface area contributed by atoms with Crippen LogP contribution in [-0.2, 0) is 20.9 Å². The average Bonchev–Trinajstić information content (AvgIpc) is 3.42. The molecule has 0 saturated heterocycles. The number of hydrogen-bond acceptors (Lipinski definition) is 6. The first kappa shape index (κ1) is 37.9. The lowest BCUT2D eigenvalue weighted by Gasteiger charge is -2.28. The molecule has 0 bridgehead atoms. The van der Waals surface area contributed by atoms with E-state index in [1.165, 1.54) is 84.2 Å². The number of unbranched alkanes of at least 4 members (excludes halogenated alkanes) is 14. The van der Waals surface area contributed by atoms with Gasteiger partial charge >= 0.3 is 5.97 Å². The van der Waals surface area contributed by atoms with Crippen LogP contribution in [0.3, 0.4) is 0 Å². The molecule has 0 fully saturated rings. The first-order valence-corrected chi connectivity index (χ1v) is 18.0. The summed E-state index contributed by atoms with van der Waals surface area (Å²) in [6.07, 6.45) is 19.7. The maximum Gasteiger partial charge on any atom is 0.307 e. The maximum atomic E-state index is 13.7. The van der Waals surface area contributed by atoms with Gasteiger partial charge in [-0.3, -0.25) is 14.4 Å². The second-order valence-corrected chi connectivity index (χ2v) is 12.7. The molecule has 1 heterocycles. The molecular weight excluding hydrogens is 592 g/mol. The Labute approximate surface area is 282 Å². The molecule has 2 aromatic rings. The molecule has 1 atom stereocenters. The molecule has 47 heavy (non-hydrogen) atoms. The Morgan fingerprint density at radius 3 is 2.00 bits per heavy atom. The predicted molar refractivity (Wildman–Crippen MR) is 188 cm³/mol. The third-order valence-electron chi connectivity index (χ3n) is 9.11. The molecule has 1 aliphatic heterocycles. The minimum atomic E-state index is -0.587. The zero-order valence-electron chi connectivity index (χ0n) is 29.4. The number of carbonyl (C=O) groups is 3. The molecule has 3 rings (SSSR count). The molecule has 260 valence electrons. The SMILES string of the molecule is CCCCCCCCCCCCCCCCCC(=O)Nc1cccc2c1CN(C(CC(=O)OC)c1ccc(OC)c(OCC)c1)C2=O. The maximum absolute atomic E-state index is 13.7. The van der Waals surface area contributed by atoms with Gasteiger partial charge in [-0.1, -0.05) is 109 Å². The van der Waals surface area contributed by atoms with Gasteiger partial charge in [0.1, 0.15) is 0 Å². The van der Waals surface area contributed by atoms with E-state index < -0.39 is 12.0 Å². The van der Waals surface area contributed by atoms with Crippen LogP contribution in [0.25, 0.3) is 0 Å². The van der Waals surface area contributed by atoms with Gasteiger partial charge in [0.25, 0.3) is 5.91 Å². The van der Waals surface area contributed by atoms with Crippen molar-refractivity contribution < 1.29 is 28.6 Å². The molecule has 0 radical (unpaired) electrons. The standard InChI is InChI=1S/C39H58N2O6/c1-5-7-8-9-10-11-12-13-14-15-16-17-18-19-20-24-37(42)40-33-23-21-22-31-32(33)29-41(39(31)44)34(28-38(43)46-4)30-25-26-35(45-3)36(27-30)47-6-2/h21-23,25-27,34H,5-20,24,28-29H2,1-4H3,(H,40,42). The molecule has 2 amide bonds. The number of nitrogens with one attached hydrogen (secondary N) is 1. The molecule has 1 aliphatic rings. The highest BCUT2D eigenvalue weighted by Crippen LogP contribution is 2.39. The van der Waals surface area contributed by atoms with Crippen molar-refractivity contribution in [3.05, 3.63) is 53.1 Å². The lowest BCUT2D eigenvalue weighted by molar-refractivity contribution is -0.141. The van der Waals surface area contributed by atoms with E-state index in [0.717, 1.165) is 30.4 Å². The number of ether oxygens (including phenoxy) is 3. The van der Waals surface area contributed by atoms with Gasteiger partial charge in [-0.15, -0.1) is 0 Å². The van der Waals surface area contributed by atoms with Crippen LogP contribution in [0.1, 0.15) is 151 Å². The first-order chi connectivity index (χ1) is 22.9. The molecule has 1 N–H and O–H groups in total. The fourth-order valence-electron chi connectivity index (χ4n) is 6.41. The summed E-state index contributed by atoms with van der Waals surface area (Å²) >= 11 is 0. The number of fused-ring (bicyclic) bond motifs is 1. The van der Waals surface area contributed by atoms with Crippen LogP contribution in [0.15, 0.2) is 36.4 Å². The Hall–Kier alpha value is -3.55. The van der Waals surface area contributed by atoms with Crippen molar-refractivity contribution in [1.29, 1.82) is 0 Å². The minimum Gasteiger partial charge on any atom is -0.493 e.